The molecule has 0 unspecified atom stereocenters. The topological polar surface area (TPSA) is 105 Å². The van der Waals surface area contributed by atoms with E-state index in [4.69, 9.17) is 16.2 Å². The molecule has 1 aromatic rings. The van der Waals surface area contributed by atoms with Crippen LogP contribution in [0, 0.1) is 0 Å². The van der Waals surface area contributed by atoms with Crippen LogP contribution in [0.25, 0.3) is 0 Å². The van der Waals surface area contributed by atoms with E-state index in [-0.39, 0.29) is 6.42 Å². The summed E-state index contributed by atoms with van der Waals surface area (Å²) in [6.07, 6.45) is -1.13. The molecular weight excluding hydrogens is 272 g/mol. The summed E-state index contributed by atoms with van der Waals surface area (Å²) in [5.74, 6) is -0.723. The molecule has 0 aliphatic rings. The first-order valence-electron chi connectivity index (χ1n) is 6.69. The fourth-order valence-electron chi connectivity index (χ4n) is 1.60. The van der Waals surface area contributed by atoms with Crippen molar-refractivity contribution in [3.63, 3.8) is 0 Å². The highest BCUT2D eigenvalue weighted by Crippen LogP contribution is 2.16. The highest BCUT2D eigenvalue weighted by atomic mass is 16.7. The monoisotopic (exact) mass is 294 g/mol. The molecule has 0 fully saturated rings. The van der Waals surface area contributed by atoms with Crippen molar-refractivity contribution in [1.29, 1.82) is 0 Å². The molecule has 116 valence electrons. The minimum Gasteiger partial charge on any atom is -0.428 e. The molecule has 0 aromatic heterocycles. The molecule has 1 rings (SSSR count). The second-order valence-electron chi connectivity index (χ2n) is 5.69. The molecule has 0 aliphatic carbocycles. The third-order valence-electron chi connectivity index (χ3n) is 2.62. The zero-order valence-electron chi connectivity index (χ0n) is 12.6. The summed E-state index contributed by atoms with van der Waals surface area (Å²) in [4.78, 5) is 23.0. The van der Waals surface area contributed by atoms with E-state index in [2.05, 4.69) is 4.74 Å². The summed E-state index contributed by atoms with van der Waals surface area (Å²) in [6.45, 7) is 5.49. The SMILES string of the molecule is CC(C)(C)OC(=O)OC(=O)C[C@@H](N)c1ccc(CN)cc1. The summed E-state index contributed by atoms with van der Waals surface area (Å²) in [5.41, 5.74) is 12.4. The van der Waals surface area contributed by atoms with Crippen molar-refractivity contribution < 1.29 is 19.1 Å². The molecule has 0 amide bonds. The quantitative estimate of drug-likeness (QED) is 0.650. The maximum atomic E-state index is 11.6. The number of nitrogens with two attached hydrogens (primary N) is 2. The predicted octanol–water partition coefficient (Wildman–Crippen LogP) is 2.01. The van der Waals surface area contributed by atoms with Gasteiger partial charge in [0, 0.05) is 12.6 Å². The molecule has 6 heteroatoms. The fourth-order valence-corrected chi connectivity index (χ4v) is 1.60. The summed E-state index contributed by atoms with van der Waals surface area (Å²) in [7, 11) is 0. The van der Waals surface area contributed by atoms with Crippen LogP contribution in [0.2, 0.25) is 0 Å². The molecule has 0 saturated carbocycles. The lowest BCUT2D eigenvalue weighted by Crippen LogP contribution is -2.27. The molecule has 0 heterocycles. The largest absolute Gasteiger partial charge is 0.516 e. The molecule has 0 aliphatic heterocycles. The van der Waals surface area contributed by atoms with Crippen LogP contribution in [-0.2, 0) is 20.8 Å². The van der Waals surface area contributed by atoms with Crippen molar-refractivity contribution in [1.82, 2.24) is 0 Å². The highest BCUT2D eigenvalue weighted by Gasteiger charge is 2.21. The fraction of sp³-hybridized carbons (Fsp3) is 0.467. The van der Waals surface area contributed by atoms with Crippen molar-refractivity contribution in [3.05, 3.63) is 35.4 Å². The summed E-state index contributed by atoms with van der Waals surface area (Å²) < 4.78 is 9.45. The Morgan fingerprint density at radius 3 is 2.24 bits per heavy atom. The van der Waals surface area contributed by atoms with E-state index in [0.717, 1.165) is 11.1 Å². The zero-order valence-corrected chi connectivity index (χ0v) is 12.6. The number of hydrogen-bond acceptors (Lipinski definition) is 6. The molecule has 0 spiro atoms. The number of ether oxygens (including phenoxy) is 2. The maximum absolute atomic E-state index is 11.6. The molecule has 0 saturated heterocycles. The Morgan fingerprint density at radius 1 is 1.19 bits per heavy atom. The van der Waals surface area contributed by atoms with Crippen molar-refractivity contribution in [2.45, 2.75) is 45.4 Å². The van der Waals surface area contributed by atoms with Gasteiger partial charge in [0.15, 0.2) is 0 Å². The molecule has 1 aromatic carbocycles. The smallest absolute Gasteiger partial charge is 0.428 e. The summed E-state index contributed by atoms with van der Waals surface area (Å²) in [5, 5.41) is 0. The van der Waals surface area contributed by atoms with Crippen molar-refractivity contribution >= 4 is 12.1 Å². The molecule has 1 atom stereocenters. The molecular formula is C15H22N2O4. The third kappa shape index (κ3) is 6.37. The average Bonchev–Trinajstić information content (AvgIpc) is 2.36. The van der Waals surface area contributed by atoms with Gasteiger partial charge in [-0.2, -0.15) is 0 Å². The van der Waals surface area contributed by atoms with Gasteiger partial charge in [0.25, 0.3) is 0 Å². The van der Waals surface area contributed by atoms with Gasteiger partial charge >= 0.3 is 12.1 Å². The van der Waals surface area contributed by atoms with Crippen LogP contribution < -0.4 is 11.5 Å². The third-order valence-corrected chi connectivity index (χ3v) is 2.62. The molecule has 6 nitrogen and oxygen atoms in total. The standard InChI is InChI=1S/C15H22N2O4/c1-15(2,3)21-14(19)20-13(18)8-12(17)11-6-4-10(9-16)5-7-11/h4-7,12H,8-9,16-17H2,1-3H3/t12-/m1/s1. The van der Waals surface area contributed by atoms with Gasteiger partial charge in [-0.15, -0.1) is 0 Å². The first-order chi connectivity index (χ1) is 9.71. The Kier molecular flexibility index (Phi) is 5.87. The predicted molar refractivity (Wildman–Crippen MR) is 78.2 cm³/mol. The lowest BCUT2D eigenvalue weighted by Gasteiger charge is -2.18. The molecule has 0 radical (unpaired) electrons. The average molecular weight is 294 g/mol. The van der Waals surface area contributed by atoms with Crippen LogP contribution in [0.3, 0.4) is 0 Å². The van der Waals surface area contributed by atoms with Gasteiger partial charge in [-0.1, -0.05) is 24.3 Å². The van der Waals surface area contributed by atoms with Gasteiger partial charge in [0.05, 0.1) is 6.42 Å². The molecule has 4 N–H and O–H groups in total. The van der Waals surface area contributed by atoms with Crippen LogP contribution in [0.4, 0.5) is 4.79 Å². The van der Waals surface area contributed by atoms with E-state index in [9.17, 15) is 9.59 Å². The number of hydrogen-bond donors (Lipinski definition) is 2. The number of esters is 1. The van der Waals surface area contributed by atoms with E-state index in [1.807, 2.05) is 12.1 Å². The normalized spacial score (nSPS) is 12.6. The van der Waals surface area contributed by atoms with Gasteiger partial charge in [0.2, 0.25) is 0 Å². The van der Waals surface area contributed by atoms with Crippen LogP contribution in [-0.4, -0.2) is 17.7 Å². The first-order valence-corrected chi connectivity index (χ1v) is 6.69. The Bertz CT molecular complexity index is 491. The van der Waals surface area contributed by atoms with Gasteiger partial charge in [-0.3, -0.25) is 4.79 Å². The Morgan fingerprint density at radius 2 is 1.76 bits per heavy atom. The van der Waals surface area contributed by atoms with Gasteiger partial charge in [0.1, 0.15) is 5.60 Å². The first kappa shape index (κ1) is 17.1. The van der Waals surface area contributed by atoms with Gasteiger partial charge in [-0.05, 0) is 31.9 Å². The van der Waals surface area contributed by atoms with E-state index in [0.29, 0.717) is 6.54 Å². The number of carbonyl (C=O) groups excluding carboxylic acids is 2. The Labute approximate surface area is 124 Å². The Balaban J connectivity index is 2.51. The van der Waals surface area contributed by atoms with E-state index in [1.54, 1.807) is 32.9 Å². The minimum atomic E-state index is -1.02. The van der Waals surface area contributed by atoms with Crippen molar-refractivity contribution in [3.8, 4) is 0 Å². The Hall–Kier alpha value is -1.92. The van der Waals surface area contributed by atoms with Crippen LogP contribution in [0.1, 0.15) is 44.4 Å². The zero-order chi connectivity index (χ0) is 16.0. The highest BCUT2D eigenvalue weighted by molar-refractivity contribution is 5.82. The lowest BCUT2D eigenvalue weighted by atomic mass is 10.0. The van der Waals surface area contributed by atoms with E-state index >= 15 is 0 Å². The maximum Gasteiger partial charge on any atom is 0.516 e. The van der Waals surface area contributed by atoms with Crippen LogP contribution in [0.5, 0.6) is 0 Å². The van der Waals surface area contributed by atoms with E-state index < -0.39 is 23.8 Å². The molecule has 21 heavy (non-hydrogen) atoms. The summed E-state index contributed by atoms with van der Waals surface area (Å²) in [6, 6.07) is 6.73. The second-order valence-corrected chi connectivity index (χ2v) is 5.69. The van der Waals surface area contributed by atoms with Crippen molar-refractivity contribution in [2.75, 3.05) is 0 Å². The number of rotatable bonds is 4. The van der Waals surface area contributed by atoms with Gasteiger partial charge < -0.3 is 20.9 Å². The lowest BCUT2D eigenvalue weighted by molar-refractivity contribution is -0.141. The second kappa shape index (κ2) is 7.19. The van der Waals surface area contributed by atoms with Crippen LogP contribution >= 0.6 is 0 Å². The summed E-state index contributed by atoms with van der Waals surface area (Å²) >= 11 is 0. The van der Waals surface area contributed by atoms with Gasteiger partial charge in [-0.25, -0.2) is 4.79 Å². The van der Waals surface area contributed by atoms with Crippen molar-refractivity contribution in [2.24, 2.45) is 11.5 Å². The molecule has 0 bridgehead atoms. The number of carbonyl (C=O) groups is 2. The van der Waals surface area contributed by atoms with Crippen LogP contribution in [0.15, 0.2) is 24.3 Å². The minimum absolute atomic E-state index is 0.110. The van der Waals surface area contributed by atoms with E-state index in [1.165, 1.54) is 0 Å². The number of benzene rings is 1.